The fourth-order valence-corrected chi connectivity index (χ4v) is 12.3. The molecule has 0 aliphatic rings. The number of esters is 2. The van der Waals surface area contributed by atoms with E-state index in [1.54, 1.807) is 0 Å². The molecule has 0 rings (SSSR count). The van der Waals surface area contributed by atoms with Crippen LogP contribution in [0.3, 0.4) is 0 Å². The normalized spacial score (nSPS) is 13.6. The van der Waals surface area contributed by atoms with Crippen LogP contribution in [0.15, 0.2) is 97.2 Å². The maximum Gasteiger partial charge on any atom is 0.306 e. The van der Waals surface area contributed by atoms with E-state index < -0.39 is 26.5 Å². The van der Waals surface area contributed by atoms with Crippen molar-refractivity contribution in [2.45, 2.75) is 380 Å². The lowest BCUT2D eigenvalue weighted by atomic mass is 10.0. The standard InChI is InChI=1S/C84H152NO8P/c1-6-8-10-12-14-16-18-20-22-24-26-28-30-32-34-36-38-40-41-42-43-45-46-48-50-52-54-56-58-60-62-64-66-68-70-72-74-76-83(86)90-80-82(81-92-94(88,89)91-79-78-85(3,4)5)93-84(87)77-75-73-71-69-67-65-63-61-59-57-55-53-51-49-47-44-39-37-35-33-31-29-27-25-23-21-19-17-15-13-11-9-7-2/h9,11,15,17,21,23,27,29,33,35,39,44,49,51,55,57,82H,6-8,10,12-14,16,18-20,22,24-26,28,30-32,34,36-38,40-43,45-48,50,52-54,56,58-81H2,1-5H3/b11-9-,17-15-,23-21-,29-27-,35-33-,44-39-,51-49-,57-55-. The molecule has 0 fully saturated rings. The highest BCUT2D eigenvalue weighted by Gasteiger charge is 2.22. The smallest absolute Gasteiger partial charge is 0.306 e. The molecule has 0 amide bonds. The lowest BCUT2D eigenvalue weighted by Crippen LogP contribution is -2.37. The molecule has 2 unspecified atom stereocenters. The number of phosphoric acid groups is 1. The van der Waals surface area contributed by atoms with E-state index in [1.807, 2.05) is 21.1 Å². The summed E-state index contributed by atoms with van der Waals surface area (Å²) in [7, 11) is 1.16. The lowest BCUT2D eigenvalue weighted by molar-refractivity contribution is -0.870. The van der Waals surface area contributed by atoms with Crippen molar-refractivity contribution >= 4 is 19.8 Å². The van der Waals surface area contributed by atoms with Crippen molar-refractivity contribution in [2.75, 3.05) is 47.5 Å². The first-order valence-electron chi connectivity index (χ1n) is 39.9. The Morgan fingerprint density at radius 3 is 0.904 bits per heavy atom. The first-order chi connectivity index (χ1) is 46.0. The van der Waals surface area contributed by atoms with Gasteiger partial charge in [-0.25, -0.2) is 0 Å². The molecule has 2 atom stereocenters. The van der Waals surface area contributed by atoms with Crippen molar-refractivity contribution in [3.63, 3.8) is 0 Å². The van der Waals surface area contributed by atoms with E-state index in [2.05, 4.69) is 111 Å². The van der Waals surface area contributed by atoms with Crippen LogP contribution in [0.1, 0.15) is 373 Å². The Bertz CT molecular complexity index is 1910. The van der Waals surface area contributed by atoms with E-state index in [-0.39, 0.29) is 32.0 Å². The van der Waals surface area contributed by atoms with Gasteiger partial charge in [0.25, 0.3) is 7.82 Å². The molecule has 0 aromatic rings. The number of hydrogen-bond donors (Lipinski definition) is 0. The van der Waals surface area contributed by atoms with Crippen LogP contribution in [-0.4, -0.2) is 70.0 Å². The Morgan fingerprint density at radius 2 is 0.606 bits per heavy atom. The number of quaternary nitrogens is 1. The van der Waals surface area contributed by atoms with Crippen LogP contribution in [0.5, 0.6) is 0 Å². The van der Waals surface area contributed by atoms with E-state index >= 15 is 0 Å². The number of carbonyl (C=O) groups is 2. The molecule has 0 aliphatic carbocycles. The molecule has 0 radical (unpaired) electrons. The molecule has 0 heterocycles. The lowest BCUT2D eigenvalue weighted by Gasteiger charge is -2.28. The summed E-state index contributed by atoms with van der Waals surface area (Å²) in [5.74, 6) is -0.832. The van der Waals surface area contributed by atoms with E-state index in [4.69, 9.17) is 18.5 Å². The largest absolute Gasteiger partial charge is 0.756 e. The zero-order chi connectivity index (χ0) is 68.3. The molecule has 10 heteroatoms. The molecule has 0 spiro atoms. The van der Waals surface area contributed by atoms with Crippen molar-refractivity contribution in [2.24, 2.45) is 0 Å². The number of hydrogen-bond acceptors (Lipinski definition) is 8. The molecule has 0 saturated carbocycles. The zero-order valence-electron chi connectivity index (χ0n) is 62.4. The Morgan fingerprint density at radius 1 is 0.340 bits per heavy atom. The van der Waals surface area contributed by atoms with Gasteiger partial charge in [0.1, 0.15) is 19.8 Å². The Labute approximate surface area is 583 Å². The highest BCUT2D eigenvalue weighted by atomic mass is 31.2. The van der Waals surface area contributed by atoms with Gasteiger partial charge in [-0.1, -0.05) is 381 Å². The Balaban J connectivity index is 3.98. The second-order valence-corrected chi connectivity index (χ2v) is 29.5. The van der Waals surface area contributed by atoms with Crippen LogP contribution >= 0.6 is 7.82 Å². The third-order valence-electron chi connectivity index (χ3n) is 17.6. The van der Waals surface area contributed by atoms with Crippen LogP contribution < -0.4 is 4.89 Å². The van der Waals surface area contributed by atoms with Crippen molar-refractivity contribution in [1.82, 2.24) is 0 Å². The number of ether oxygens (including phenoxy) is 2. The zero-order valence-corrected chi connectivity index (χ0v) is 63.3. The first kappa shape index (κ1) is 90.9. The molecule has 0 aromatic heterocycles. The quantitative estimate of drug-likeness (QED) is 0.0195. The van der Waals surface area contributed by atoms with Crippen LogP contribution in [0.25, 0.3) is 0 Å². The maximum absolute atomic E-state index is 12.9. The fraction of sp³-hybridized carbons (Fsp3) is 0.786. The summed E-state index contributed by atoms with van der Waals surface area (Å²) in [5.41, 5.74) is 0. The van der Waals surface area contributed by atoms with Gasteiger partial charge < -0.3 is 27.9 Å². The molecule has 9 nitrogen and oxygen atoms in total. The maximum atomic E-state index is 12.9. The Kier molecular flexibility index (Phi) is 71.7. The third kappa shape index (κ3) is 77.9. The van der Waals surface area contributed by atoms with Gasteiger partial charge in [-0.15, -0.1) is 0 Å². The van der Waals surface area contributed by atoms with Gasteiger partial charge in [-0.3, -0.25) is 14.2 Å². The monoisotopic (exact) mass is 1330 g/mol. The predicted molar refractivity (Wildman–Crippen MR) is 406 cm³/mol. The number of carbonyl (C=O) groups excluding carboxylic acids is 2. The molecule has 0 aliphatic heterocycles. The van der Waals surface area contributed by atoms with Crippen molar-refractivity contribution in [1.29, 1.82) is 0 Å². The molecule has 0 N–H and O–H groups in total. The molecular formula is C84H152NO8P. The van der Waals surface area contributed by atoms with Gasteiger partial charge in [0.05, 0.1) is 27.7 Å². The number of nitrogens with zero attached hydrogens (tertiary/aromatic N) is 1. The van der Waals surface area contributed by atoms with Gasteiger partial charge in [0.2, 0.25) is 0 Å². The number of allylic oxidation sites excluding steroid dienone is 16. The van der Waals surface area contributed by atoms with Crippen LogP contribution in [0, 0.1) is 0 Å². The van der Waals surface area contributed by atoms with Gasteiger partial charge in [-0.2, -0.15) is 0 Å². The molecule has 546 valence electrons. The molecule has 0 saturated heterocycles. The average molecular weight is 1340 g/mol. The van der Waals surface area contributed by atoms with Gasteiger partial charge in [-0.05, 0) is 77.0 Å². The summed E-state index contributed by atoms with van der Waals surface area (Å²) in [5, 5.41) is 0. The molecule has 94 heavy (non-hydrogen) atoms. The third-order valence-corrected chi connectivity index (χ3v) is 18.6. The highest BCUT2D eigenvalue weighted by Crippen LogP contribution is 2.38. The number of unbranched alkanes of at least 4 members (excludes halogenated alkanes) is 44. The van der Waals surface area contributed by atoms with Crippen LogP contribution in [0.4, 0.5) is 0 Å². The Hall–Kier alpha value is -3.07. The SMILES string of the molecule is CC/C=C\C/C=C\C/C=C\C/C=C\C/C=C\C/C=C\C/C=C\C/C=C\CCCCCCCCCCC(=O)OC(COC(=O)CCCCCCCCCCCCCCCCCCCCCCCCCCCCCCCCCCCCCCC)COP(=O)([O-])OCC[N+](C)(C)C. The summed E-state index contributed by atoms with van der Waals surface area (Å²) < 4.78 is 34.4. The molecule has 0 bridgehead atoms. The number of likely N-dealkylation sites (N-methyl/N-ethyl adjacent to an activating group) is 1. The minimum atomic E-state index is -4.65. The van der Waals surface area contributed by atoms with Crippen molar-refractivity contribution in [3.05, 3.63) is 97.2 Å². The summed E-state index contributed by atoms with van der Waals surface area (Å²) >= 11 is 0. The minimum absolute atomic E-state index is 0.0351. The highest BCUT2D eigenvalue weighted by molar-refractivity contribution is 7.45. The van der Waals surface area contributed by atoms with E-state index in [1.165, 1.54) is 244 Å². The van der Waals surface area contributed by atoms with Crippen LogP contribution in [-0.2, 0) is 32.7 Å². The summed E-state index contributed by atoms with van der Waals surface area (Å²) in [6, 6.07) is 0. The van der Waals surface area contributed by atoms with Gasteiger partial charge in [0.15, 0.2) is 6.10 Å². The van der Waals surface area contributed by atoms with Gasteiger partial charge >= 0.3 is 11.9 Å². The van der Waals surface area contributed by atoms with Crippen molar-refractivity contribution < 1.29 is 42.1 Å². The van der Waals surface area contributed by atoms with E-state index in [0.29, 0.717) is 17.4 Å². The van der Waals surface area contributed by atoms with Gasteiger partial charge in [0, 0.05) is 12.8 Å². The minimum Gasteiger partial charge on any atom is -0.756 e. The molecular weight excluding hydrogens is 1180 g/mol. The second-order valence-electron chi connectivity index (χ2n) is 28.1. The summed E-state index contributed by atoms with van der Waals surface area (Å²) in [6.07, 6.45) is 104. The first-order valence-corrected chi connectivity index (χ1v) is 41.4. The van der Waals surface area contributed by atoms with Crippen molar-refractivity contribution in [3.8, 4) is 0 Å². The topological polar surface area (TPSA) is 111 Å². The van der Waals surface area contributed by atoms with E-state index in [9.17, 15) is 19.0 Å². The molecule has 0 aromatic carbocycles. The predicted octanol–water partition coefficient (Wildman–Crippen LogP) is 26.0. The van der Waals surface area contributed by atoms with E-state index in [0.717, 1.165) is 96.3 Å². The fourth-order valence-electron chi connectivity index (χ4n) is 11.6. The summed E-state index contributed by atoms with van der Waals surface area (Å²) in [6.45, 7) is 4.16. The number of rotatable bonds is 74. The van der Waals surface area contributed by atoms with Crippen LogP contribution in [0.2, 0.25) is 0 Å². The number of phosphoric ester groups is 1. The summed E-state index contributed by atoms with van der Waals surface area (Å²) in [4.78, 5) is 38.2. The second kappa shape index (κ2) is 74.2. The average Bonchev–Trinajstić information content (AvgIpc) is 1.56.